The van der Waals surface area contributed by atoms with Crippen LogP contribution in [0.4, 0.5) is 0 Å². The molecule has 1 aromatic rings. The minimum Gasteiger partial charge on any atom is -0.355 e. The molecule has 2 heteroatoms. The van der Waals surface area contributed by atoms with E-state index in [1.165, 1.54) is 12.0 Å². The maximum Gasteiger partial charge on any atom is 0.230 e. The van der Waals surface area contributed by atoms with Gasteiger partial charge in [-0.15, -0.1) is 0 Å². The predicted octanol–water partition coefficient (Wildman–Crippen LogP) is 3.27. The summed E-state index contributed by atoms with van der Waals surface area (Å²) >= 11 is 0. The topological polar surface area (TPSA) is 29.1 Å². The molecular formula is C16H23NO. The average Bonchev–Trinajstić information content (AvgIpc) is 3.17. The van der Waals surface area contributed by atoms with E-state index in [4.69, 9.17) is 0 Å². The van der Waals surface area contributed by atoms with E-state index in [1.54, 1.807) is 0 Å². The van der Waals surface area contributed by atoms with Gasteiger partial charge in [0.05, 0.1) is 5.41 Å². The lowest BCUT2D eigenvalue weighted by Crippen LogP contribution is -2.35. The zero-order valence-electron chi connectivity index (χ0n) is 11.4. The Balaban J connectivity index is 1.86. The molecule has 0 spiro atoms. The monoisotopic (exact) mass is 245 g/mol. The van der Waals surface area contributed by atoms with E-state index in [0.29, 0.717) is 5.92 Å². The molecule has 1 aromatic carbocycles. The van der Waals surface area contributed by atoms with Crippen molar-refractivity contribution in [1.82, 2.24) is 5.32 Å². The highest BCUT2D eigenvalue weighted by Crippen LogP contribution is 2.48. The van der Waals surface area contributed by atoms with Gasteiger partial charge in [0, 0.05) is 6.54 Å². The lowest BCUT2D eigenvalue weighted by atomic mass is 9.95. The van der Waals surface area contributed by atoms with Crippen molar-refractivity contribution in [1.29, 1.82) is 0 Å². The Morgan fingerprint density at radius 2 is 1.94 bits per heavy atom. The number of amides is 1. The molecule has 0 saturated heterocycles. The van der Waals surface area contributed by atoms with Gasteiger partial charge in [-0.05, 0) is 37.2 Å². The van der Waals surface area contributed by atoms with Gasteiger partial charge in [0.1, 0.15) is 0 Å². The second kappa shape index (κ2) is 5.55. The molecule has 2 rings (SSSR count). The van der Waals surface area contributed by atoms with Gasteiger partial charge in [0.2, 0.25) is 5.91 Å². The van der Waals surface area contributed by atoms with E-state index >= 15 is 0 Å². The fourth-order valence-electron chi connectivity index (χ4n) is 2.41. The number of hydrogen-bond acceptors (Lipinski definition) is 1. The Labute approximate surface area is 110 Å². The maximum atomic E-state index is 12.3. The van der Waals surface area contributed by atoms with Gasteiger partial charge in [-0.1, -0.05) is 44.2 Å². The number of carbonyl (C=O) groups excluding carboxylic acids is 1. The third kappa shape index (κ3) is 2.92. The fraction of sp³-hybridized carbons (Fsp3) is 0.562. The standard InChI is InChI=1S/C16H23NO/c1-13(2)7-6-12-17-15(18)16(10-11-16)14-8-4-3-5-9-14/h3-5,8-9,13H,6-7,10-12H2,1-2H3,(H,17,18). The number of benzene rings is 1. The molecule has 0 aliphatic heterocycles. The highest BCUT2D eigenvalue weighted by atomic mass is 16.2. The zero-order chi connectivity index (χ0) is 13.0. The molecule has 0 radical (unpaired) electrons. The summed E-state index contributed by atoms with van der Waals surface area (Å²) in [5.41, 5.74) is 0.963. The lowest BCUT2D eigenvalue weighted by molar-refractivity contribution is -0.123. The van der Waals surface area contributed by atoms with Crippen LogP contribution in [0.3, 0.4) is 0 Å². The molecule has 0 aromatic heterocycles. The SMILES string of the molecule is CC(C)CCCNC(=O)C1(c2ccccc2)CC1. The normalized spacial score (nSPS) is 16.6. The van der Waals surface area contributed by atoms with Crippen LogP contribution in [0.5, 0.6) is 0 Å². The largest absolute Gasteiger partial charge is 0.355 e. The van der Waals surface area contributed by atoms with Crippen LogP contribution < -0.4 is 5.32 Å². The molecule has 98 valence electrons. The lowest BCUT2D eigenvalue weighted by Gasteiger charge is -2.16. The van der Waals surface area contributed by atoms with E-state index in [9.17, 15) is 4.79 Å². The summed E-state index contributed by atoms with van der Waals surface area (Å²) in [5, 5.41) is 3.10. The number of nitrogens with one attached hydrogen (secondary N) is 1. The van der Waals surface area contributed by atoms with Gasteiger partial charge in [-0.2, -0.15) is 0 Å². The van der Waals surface area contributed by atoms with Crippen LogP contribution in [0, 0.1) is 5.92 Å². The Bertz CT molecular complexity index is 393. The van der Waals surface area contributed by atoms with E-state index in [-0.39, 0.29) is 11.3 Å². The first kappa shape index (κ1) is 13.1. The maximum absolute atomic E-state index is 12.3. The van der Waals surface area contributed by atoms with Crippen LogP contribution in [0.2, 0.25) is 0 Å². The van der Waals surface area contributed by atoms with E-state index in [2.05, 4.69) is 31.3 Å². The molecule has 1 amide bonds. The Morgan fingerprint density at radius 1 is 1.28 bits per heavy atom. The molecule has 1 fully saturated rings. The van der Waals surface area contributed by atoms with Gasteiger partial charge < -0.3 is 5.32 Å². The molecular weight excluding hydrogens is 222 g/mol. The summed E-state index contributed by atoms with van der Waals surface area (Å²) in [5.74, 6) is 0.934. The van der Waals surface area contributed by atoms with E-state index < -0.39 is 0 Å². The molecule has 0 atom stereocenters. The third-order valence-electron chi connectivity index (χ3n) is 3.75. The minimum absolute atomic E-state index is 0.209. The van der Waals surface area contributed by atoms with E-state index in [0.717, 1.165) is 25.8 Å². The number of carbonyl (C=O) groups is 1. The van der Waals surface area contributed by atoms with Crippen molar-refractivity contribution in [3.05, 3.63) is 35.9 Å². The average molecular weight is 245 g/mol. The Hall–Kier alpha value is -1.31. The van der Waals surface area contributed by atoms with Crippen molar-refractivity contribution in [2.45, 2.75) is 44.9 Å². The Morgan fingerprint density at radius 3 is 2.50 bits per heavy atom. The molecule has 1 saturated carbocycles. The third-order valence-corrected chi connectivity index (χ3v) is 3.75. The summed E-state index contributed by atoms with van der Waals surface area (Å²) in [7, 11) is 0. The fourth-order valence-corrected chi connectivity index (χ4v) is 2.41. The highest BCUT2D eigenvalue weighted by Gasteiger charge is 2.50. The predicted molar refractivity (Wildman–Crippen MR) is 74.4 cm³/mol. The number of hydrogen-bond donors (Lipinski definition) is 1. The molecule has 2 nitrogen and oxygen atoms in total. The van der Waals surface area contributed by atoms with Crippen molar-refractivity contribution in [3.8, 4) is 0 Å². The van der Waals surface area contributed by atoms with Crippen molar-refractivity contribution >= 4 is 5.91 Å². The molecule has 0 unspecified atom stereocenters. The first-order chi connectivity index (χ1) is 8.65. The molecule has 1 N–H and O–H groups in total. The van der Waals surface area contributed by atoms with Crippen molar-refractivity contribution < 1.29 is 4.79 Å². The number of rotatable bonds is 6. The summed E-state index contributed by atoms with van der Waals surface area (Å²) in [6.45, 7) is 5.24. The quantitative estimate of drug-likeness (QED) is 0.766. The minimum atomic E-state index is -0.209. The summed E-state index contributed by atoms with van der Waals surface area (Å²) < 4.78 is 0. The molecule has 1 aliphatic rings. The van der Waals surface area contributed by atoms with Gasteiger partial charge in [0.25, 0.3) is 0 Å². The van der Waals surface area contributed by atoms with E-state index in [1.807, 2.05) is 18.2 Å². The van der Waals surface area contributed by atoms with Crippen molar-refractivity contribution in [3.63, 3.8) is 0 Å². The van der Waals surface area contributed by atoms with Gasteiger partial charge >= 0.3 is 0 Å². The zero-order valence-corrected chi connectivity index (χ0v) is 11.4. The summed E-state index contributed by atoms with van der Waals surface area (Å²) in [6, 6.07) is 10.2. The van der Waals surface area contributed by atoms with Gasteiger partial charge in [-0.25, -0.2) is 0 Å². The van der Waals surface area contributed by atoms with Crippen LogP contribution >= 0.6 is 0 Å². The molecule has 1 aliphatic carbocycles. The van der Waals surface area contributed by atoms with Crippen molar-refractivity contribution in [2.24, 2.45) is 5.92 Å². The second-order valence-electron chi connectivity index (χ2n) is 5.74. The Kier molecular flexibility index (Phi) is 4.05. The highest BCUT2D eigenvalue weighted by molar-refractivity contribution is 5.91. The van der Waals surface area contributed by atoms with Gasteiger partial charge in [0.15, 0.2) is 0 Å². The smallest absolute Gasteiger partial charge is 0.230 e. The van der Waals surface area contributed by atoms with Crippen LogP contribution in [-0.2, 0) is 10.2 Å². The second-order valence-corrected chi connectivity index (χ2v) is 5.74. The first-order valence-electron chi connectivity index (χ1n) is 6.99. The molecule has 0 bridgehead atoms. The summed E-state index contributed by atoms with van der Waals surface area (Å²) in [6.07, 6.45) is 4.24. The van der Waals surface area contributed by atoms with Crippen molar-refractivity contribution in [2.75, 3.05) is 6.54 Å². The van der Waals surface area contributed by atoms with Crippen LogP contribution in [0.1, 0.15) is 45.1 Å². The van der Waals surface area contributed by atoms with Crippen LogP contribution in [-0.4, -0.2) is 12.5 Å². The van der Waals surface area contributed by atoms with Crippen LogP contribution in [0.25, 0.3) is 0 Å². The molecule has 0 heterocycles. The first-order valence-corrected chi connectivity index (χ1v) is 6.99. The summed E-state index contributed by atoms with van der Waals surface area (Å²) in [4.78, 5) is 12.3. The van der Waals surface area contributed by atoms with Crippen LogP contribution in [0.15, 0.2) is 30.3 Å². The van der Waals surface area contributed by atoms with Gasteiger partial charge in [-0.3, -0.25) is 4.79 Å². The molecule has 18 heavy (non-hydrogen) atoms.